The Morgan fingerprint density at radius 3 is 1.60 bits per heavy atom. The van der Waals surface area contributed by atoms with Crippen LogP contribution in [-0.2, 0) is 0 Å². The average Bonchev–Trinajstić information content (AvgIpc) is 3.24. The van der Waals surface area contributed by atoms with Crippen molar-refractivity contribution in [1.82, 2.24) is 20.6 Å². The molecule has 6 nitrogen and oxygen atoms in total. The first kappa shape index (κ1) is 18.4. The molecule has 2 aromatic heterocycles. The maximum absolute atomic E-state index is 12.4. The Kier molecular flexibility index (Phi) is 6.44. The Hall–Kier alpha value is -2.97. The number of rotatable bonds is 1. The van der Waals surface area contributed by atoms with E-state index in [2.05, 4.69) is 43.7 Å². The molecule has 25 heavy (non-hydrogen) atoms. The summed E-state index contributed by atoms with van der Waals surface area (Å²) in [5.74, 6) is -2.23. The molecule has 4 aromatic rings. The van der Waals surface area contributed by atoms with Crippen LogP contribution in [0.1, 0.15) is 26.7 Å². The second-order valence-electron chi connectivity index (χ2n) is 4.92. The van der Waals surface area contributed by atoms with E-state index in [0.29, 0.717) is 11.0 Å². The van der Waals surface area contributed by atoms with Gasteiger partial charge >= 0.3 is 0 Å². The van der Waals surface area contributed by atoms with Gasteiger partial charge in [0.25, 0.3) is 0 Å². The van der Waals surface area contributed by atoms with E-state index in [4.69, 9.17) is 0 Å². The molecule has 0 aliphatic rings. The number of benzene rings is 2. The van der Waals surface area contributed by atoms with Crippen LogP contribution in [0.3, 0.4) is 0 Å². The van der Waals surface area contributed by atoms with E-state index in [9.17, 15) is 13.2 Å². The van der Waals surface area contributed by atoms with E-state index in [1.807, 2.05) is 0 Å². The van der Waals surface area contributed by atoms with Gasteiger partial charge in [-0.3, -0.25) is 0 Å². The van der Waals surface area contributed by atoms with E-state index < -0.39 is 11.6 Å². The molecule has 0 radical (unpaired) electrons. The molecule has 0 atom stereocenters. The third-order valence-electron chi connectivity index (χ3n) is 3.01. The Balaban J connectivity index is 0.000000150. The fraction of sp³-hybridized carbons (Fsp3) is 0.250. The van der Waals surface area contributed by atoms with Gasteiger partial charge in [0.2, 0.25) is 0 Å². The third-order valence-corrected chi connectivity index (χ3v) is 3.01. The molecule has 132 valence electrons. The molecule has 2 aromatic carbocycles. The van der Waals surface area contributed by atoms with Gasteiger partial charge < -0.3 is 0 Å². The lowest BCUT2D eigenvalue weighted by atomic mass is 10.3. The Labute approximate surface area is 140 Å². The SMILES string of the molecule is CCCC.Fc1cc2nonc2cc1F.Fc1ccc2nonc2c1. The van der Waals surface area contributed by atoms with Crippen molar-refractivity contribution in [3.05, 3.63) is 47.8 Å². The molecular formula is C16H15F3N4O2. The molecule has 4 rings (SSSR count). The number of hydrogen-bond donors (Lipinski definition) is 0. The predicted octanol–water partition coefficient (Wildman–Crippen LogP) is 4.67. The Morgan fingerprint density at radius 1 is 0.680 bits per heavy atom. The first-order valence-corrected chi connectivity index (χ1v) is 7.50. The molecule has 0 saturated heterocycles. The first-order valence-electron chi connectivity index (χ1n) is 7.50. The second-order valence-corrected chi connectivity index (χ2v) is 4.92. The van der Waals surface area contributed by atoms with Crippen molar-refractivity contribution in [2.24, 2.45) is 0 Å². The van der Waals surface area contributed by atoms with E-state index in [1.165, 1.54) is 31.0 Å². The van der Waals surface area contributed by atoms with Crippen LogP contribution in [-0.4, -0.2) is 20.6 Å². The molecule has 9 heteroatoms. The third kappa shape index (κ3) is 5.00. The maximum atomic E-state index is 12.4. The van der Waals surface area contributed by atoms with Gasteiger partial charge in [-0.15, -0.1) is 0 Å². The molecule has 2 heterocycles. The zero-order valence-electron chi connectivity index (χ0n) is 13.5. The molecule has 0 N–H and O–H groups in total. The number of nitrogens with zero attached hydrogens (tertiary/aromatic N) is 4. The van der Waals surface area contributed by atoms with E-state index in [-0.39, 0.29) is 16.9 Å². The van der Waals surface area contributed by atoms with Crippen LogP contribution in [0.4, 0.5) is 13.2 Å². The van der Waals surface area contributed by atoms with Crippen LogP contribution in [0.15, 0.2) is 39.6 Å². The Morgan fingerprint density at radius 2 is 1.12 bits per heavy atom. The topological polar surface area (TPSA) is 77.8 Å². The highest BCUT2D eigenvalue weighted by Gasteiger charge is 2.06. The summed E-state index contributed by atoms with van der Waals surface area (Å²) in [6.45, 7) is 4.36. The summed E-state index contributed by atoms with van der Waals surface area (Å²) in [5, 5.41) is 13.6. The molecule has 0 bridgehead atoms. The molecule has 0 aliphatic carbocycles. The highest BCUT2D eigenvalue weighted by Crippen LogP contribution is 2.13. The lowest BCUT2D eigenvalue weighted by molar-refractivity contribution is 0.315. The molecule has 0 amide bonds. The highest BCUT2D eigenvalue weighted by atomic mass is 19.2. The molecule has 0 spiro atoms. The second kappa shape index (κ2) is 8.76. The summed E-state index contributed by atoms with van der Waals surface area (Å²) in [5.41, 5.74) is 1.44. The largest absolute Gasteiger partial charge is 0.243 e. The van der Waals surface area contributed by atoms with Crippen molar-refractivity contribution in [3.63, 3.8) is 0 Å². The molecular weight excluding hydrogens is 337 g/mol. The number of aromatic nitrogens is 4. The van der Waals surface area contributed by atoms with Crippen LogP contribution >= 0.6 is 0 Å². The fourth-order valence-corrected chi connectivity index (χ4v) is 1.54. The van der Waals surface area contributed by atoms with Crippen molar-refractivity contribution >= 4 is 22.1 Å². The number of fused-ring (bicyclic) bond motifs is 2. The Bertz CT molecular complexity index is 901. The predicted molar refractivity (Wildman–Crippen MR) is 84.1 cm³/mol. The summed E-state index contributed by atoms with van der Waals surface area (Å²) >= 11 is 0. The lowest BCUT2D eigenvalue weighted by Crippen LogP contribution is -1.82. The van der Waals surface area contributed by atoms with E-state index in [1.54, 1.807) is 0 Å². The number of unbranched alkanes of at least 4 members (excludes halogenated alkanes) is 1. The van der Waals surface area contributed by atoms with Gasteiger partial charge in [0.05, 0.1) is 0 Å². The van der Waals surface area contributed by atoms with Crippen molar-refractivity contribution < 1.29 is 22.4 Å². The highest BCUT2D eigenvalue weighted by molar-refractivity contribution is 5.73. The maximum Gasteiger partial charge on any atom is 0.161 e. The van der Waals surface area contributed by atoms with Gasteiger partial charge in [-0.1, -0.05) is 26.7 Å². The van der Waals surface area contributed by atoms with Crippen molar-refractivity contribution in [3.8, 4) is 0 Å². The summed E-state index contributed by atoms with van der Waals surface area (Å²) in [6.07, 6.45) is 2.64. The number of hydrogen-bond acceptors (Lipinski definition) is 6. The van der Waals surface area contributed by atoms with Crippen LogP contribution in [0.2, 0.25) is 0 Å². The van der Waals surface area contributed by atoms with Gasteiger partial charge in [-0.2, -0.15) is 0 Å². The smallest absolute Gasteiger partial charge is 0.161 e. The van der Waals surface area contributed by atoms with Crippen molar-refractivity contribution in [1.29, 1.82) is 0 Å². The average molecular weight is 352 g/mol. The summed E-state index contributed by atoms with van der Waals surface area (Å²) in [6, 6.07) is 5.96. The van der Waals surface area contributed by atoms with Crippen molar-refractivity contribution in [2.75, 3.05) is 0 Å². The van der Waals surface area contributed by atoms with Gasteiger partial charge in [0.15, 0.2) is 11.6 Å². The van der Waals surface area contributed by atoms with Crippen molar-refractivity contribution in [2.45, 2.75) is 26.7 Å². The fourth-order valence-electron chi connectivity index (χ4n) is 1.54. The molecule has 0 fully saturated rings. The molecule has 0 saturated carbocycles. The summed E-state index contributed by atoms with van der Waals surface area (Å²) in [7, 11) is 0. The molecule has 0 unspecified atom stereocenters. The van der Waals surface area contributed by atoms with Gasteiger partial charge in [-0.05, 0) is 32.8 Å². The standard InChI is InChI=1S/C6H2F2N2O.C6H3FN2O.C4H10/c7-3-1-5-6(2-4(3)8)10-11-9-5;7-4-1-2-5-6(3-4)9-10-8-5;1-3-4-2/h1-2H;1-3H;3-4H2,1-2H3. The van der Waals surface area contributed by atoms with Crippen LogP contribution in [0.5, 0.6) is 0 Å². The first-order chi connectivity index (χ1) is 12.0. The monoisotopic (exact) mass is 352 g/mol. The van der Waals surface area contributed by atoms with Gasteiger partial charge in [-0.25, -0.2) is 22.4 Å². The van der Waals surface area contributed by atoms with Gasteiger partial charge in [0, 0.05) is 18.2 Å². The normalized spacial score (nSPS) is 10.1. The van der Waals surface area contributed by atoms with Crippen LogP contribution in [0.25, 0.3) is 22.1 Å². The zero-order chi connectivity index (χ0) is 18.2. The summed E-state index contributed by atoms with van der Waals surface area (Å²) < 4.78 is 45.9. The minimum Gasteiger partial charge on any atom is -0.243 e. The summed E-state index contributed by atoms with van der Waals surface area (Å²) in [4.78, 5) is 0. The lowest BCUT2D eigenvalue weighted by Gasteiger charge is -1.87. The van der Waals surface area contributed by atoms with Gasteiger partial charge in [0.1, 0.15) is 27.9 Å². The minimum atomic E-state index is -0.951. The number of halogens is 3. The molecule has 0 aliphatic heterocycles. The van der Waals surface area contributed by atoms with Crippen LogP contribution < -0.4 is 0 Å². The quantitative estimate of drug-likeness (QED) is 0.495. The minimum absolute atomic E-state index is 0.212. The van der Waals surface area contributed by atoms with E-state index in [0.717, 1.165) is 12.1 Å². The van der Waals surface area contributed by atoms with E-state index >= 15 is 0 Å². The van der Waals surface area contributed by atoms with Crippen LogP contribution in [0, 0.1) is 17.5 Å². The zero-order valence-corrected chi connectivity index (χ0v) is 13.5.